The highest BCUT2D eigenvalue weighted by atomic mass is 19.3. The maximum absolute atomic E-state index is 12.7. The van der Waals surface area contributed by atoms with Crippen molar-refractivity contribution in [2.45, 2.75) is 13.3 Å². The van der Waals surface area contributed by atoms with Gasteiger partial charge in [0.2, 0.25) is 5.88 Å². The maximum atomic E-state index is 12.7. The van der Waals surface area contributed by atoms with Gasteiger partial charge in [-0.25, -0.2) is 18.7 Å². The number of halogens is 2. The van der Waals surface area contributed by atoms with Gasteiger partial charge in [0.05, 0.1) is 18.5 Å². The number of hydrogen-bond donors (Lipinski definition) is 0. The summed E-state index contributed by atoms with van der Waals surface area (Å²) in [6, 6.07) is 6.43. The quantitative estimate of drug-likeness (QED) is 0.497. The van der Waals surface area contributed by atoms with Crippen LogP contribution in [0.1, 0.15) is 24.6 Å². The summed E-state index contributed by atoms with van der Waals surface area (Å²) in [5, 5.41) is 16.0. The van der Waals surface area contributed by atoms with Crippen LogP contribution in [0, 0.1) is 0 Å². The van der Waals surface area contributed by atoms with E-state index in [0.717, 1.165) is 6.20 Å². The summed E-state index contributed by atoms with van der Waals surface area (Å²) < 4.78 is 36.1. The van der Waals surface area contributed by atoms with Crippen molar-refractivity contribution in [3.05, 3.63) is 59.7 Å². The molecule has 0 amide bonds. The van der Waals surface area contributed by atoms with Crippen LogP contribution in [0.3, 0.4) is 0 Å². The van der Waals surface area contributed by atoms with Crippen LogP contribution in [0.2, 0.25) is 0 Å². The lowest BCUT2D eigenvalue weighted by atomic mass is 10.1. The van der Waals surface area contributed by atoms with Crippen LogP contribution >= 0.6 is 0 Å². The van der Waals surface area contributed by atoms with Crippen molar-refractivity contribution < 1.29 is 18.3 Å². The molecule has 0 saturated heterocycles. The first-order valence-corrected chi connectivity index (χ1v) is 9.08. The van der Waals surface area contributed by atoms with Crippen molar-refractivity contribution >= 4 is 5.70 Å². The largest absolute Gasteiger partial charge is 0.472 e. The number of azo groups is 1. The Balaban J connectivity index is 1.72. The lowest BCUT2D eigenvalue weighted by Gasteiger charge is -2.09. The minimum atomic E-state index is -2.59. The van der Waals surface area contributed by atoms with Gasteiger partial charge in [0.15, 0.2) is 0 Å². The van der Waals surface area contributed by atoms with Gasteiger partial charge in [0, 0.05) is 42.8 Å². The summed E-state index contributed by atoms with van der Waals surface area (Å²) >= 11 is 0. The van der Waals surface area contributed by atoms with Crippen LogP contribution in [0.25, 0.3) is 17.0 Å². The molecule has 31 heavy (non-hydrogen) atoms. The van der Waals surface area contributed by atoms with Gasteiger partial charge >= 0.3 is 6.01 Å². The molecule has 0 aliphatic heterocycles. The number of methoxy groups -OCH3 is 1. The number of hydrogen-bond acceptors (Lipinski definition) is 9. The van der Waals surface area contributed by atoms with E-state index in [1.807, 2.05) is 0 Å². The fourth-order valence-electron chi connectivity index (χ4n) is 2.49. The lowest BCUT2D eigenvalue weighted by Crippen LogP contribution is -2.04. The summed E-state index contributed by atoms with van der Waals surface area (Å²) in [5.74, 6) is 0.298. The standard InChI is InChI=1S/C20H19F2N7O2/c1-12(18(29-23-2)16-5-4-13(8-24-16)19(21)22)11-31-17-7-6-15(27-28-17)14-9-25-20(30-3)26-10-14/h4-10,19H,11H2,1-3H3/b18-12+,29-23?. The molecule has 0 unspecified atom stereocenters. The minimum Gasteiger partial charge on any atom is -0.472 e. The number of aromatic nitrogens is 5. The summed E-state index contributed by atoms with van der Waals surface area (Å²) in [5.41, 5.74) is 2.63. The molecule has 0 spiro atoms. The predicted molar refractivity (Wildman–Crippen MR) is 108 cm³/mol. The van der Waals surface area contributed by atoms with E-state index in [4.69, 9.17) is 9.47 Å². The number of rotatable bonds is 8. The molecule has 9 nitrogen and oxygen atoms in total. The second-order valence-corrected chi connectivity index (χ2v) is 6.21. The Bertz CT molecular complexity index is 1050. The second-order valence-electron chi connectivity index (χ2n) is 6.21. The molecular weight excluding hydrogens is 408 g/mol. The van der Waals surface area contributed by atoms with E-state index in [9.17, 15) is 8.78 Å². The Morgan fingerprint density at radius 1 is 1.03 bits per heavy atom. The molecule has 160 valence electrons. The van der Waals surface area contributed by atoms with Crippen molar-refractivity contribution in [1.29, 1.82) is 0 Å². The van der Waals surface area contributed by atoms with Crippen molar-refractivity contribution in [2.24, 2.45) is 10.2 Å². The Hall–Kier alpha value is -3.89. The smallest absolute Gasteiger partial charge is 0.316 e. The minimum absolute atomic E-state index is 0.131. The molecule has 3 rings (SSSR count). The molecule has 0 fully saturated rings. The van der Waals surface area contributed by atoms with Gasteiger partial charge in [-0.05, 0) is 30.7 Å². The third kappa shape index (κ3) is 5.59. The van der Waals surface area contributed by atoms with Crippen LogP contribution in [0.4, 0.5) is 8.78 Å². The summed E-state index contributed by atoms with van der Waals surface area (Å²) in [6.45, 7) is 1.91. The number of nitrogens with zero attached hydrogens (tertiary/aromatic N) is 7. The lowest BCUT2D eigenvalue weighted by molar-refractivity contribution is 0.151. The van der Waals surface area contributed by atoms with Crippen LogP contribution in [0.5, 0.6) is 11.9 Å². The normalized spacial score (nSPS) is 12.2. The number of alkyl halides is 2. The third-order valence-corrected chi connectivity index (χ3v) is 4.07. The Labute approximate surface area is 176 Å². The highest BCUT2D eigenvalue weighted by Gasteiger charge is 2.12. The number of ether oxygens (including phenoxy) is 2. The van der Waals surface area contributed by atoms with Gasteiger partial charge in [-0.15, -0.1) is 10.2 Å². The van der Waals surface area contributed by atoms with E-state index in [0.29, 0.717) is 34.1 Å². The van der Waals surface area contributed by atoms with Crippen molar-refractivity contribution in [2.75, 3.05) is 20.8 Å². The van der Waals surface area contributed by atoms with Gasteiger partial charge < -0.3 is 9.47 Å². The van der Waals surface area contributed by atoms with Gasteiger partial charge in [-0.2, -0.15) is 10.2 Å². The molecule has 11 heteroatoms. The zero-order valence-corrected chi connectivity index (χ0v) is 17.0. The van der Waals surface area contributed by atoms with Gasteiger partial charge in [-0.3, -0.25) is 4.98 Å². The zero-order chi connectivity index (χ0) is 22.2. The van der Waals surface area contributed by atoms with E-state index >= 15 is 0 Å². The molecule has 3 heterocycles. The van der Waals surface area contributed by atoms with Crippen LogP contribution in [-0.2, 0) is 0 Å². The fraction of sp³-hybridized carbons (Fsp3) is 0.250. The van der Waals surface area contributed by atoms with Crippen molar-refractivity contribution in [3.8, 4) is 23.1 Å². The van der Waals surface area contributed by atoms with Crippen LogP contribution < -0.4 is 9.47 Å². The van der Waals surface area contributed by atoms with E-state index in [1.165, 1.54) is 26.3 Å². The molecule has 0 aliphatic carbocycles. The summed E-state index contributed by atoms with van der Waals surface area (Å²) in [4.78, 5) is 12.1. The molecule has 0 aromatic carbocycles. The van der Waals surface area contributed by atoms with Gasteiger partial charge in [0.1, 0.15) is 12.3 Å². The van der Waals surface area contributed by atoms with Gasteiger partial charge in [-0.1, -0.05) is 0 Å². The SMILES string of the molecule is CN=N/C(=C(\C)COc1ccc(-c2cnc(OC)nc2)nn1)c1ccc(C(F)F)cn1. The molecule has 0 bridgehead atoms. The van der Waals surface area contributed by atoms with Gasteiger partial charge in [0.25, 0.3) is 6.43 Å². The Morgan fingerprint density at radius 3 is 2.35 bits per heavy atom. The molecule has 0 N–H and O–H groups in total. The van der Waals surface area contributed by atoms with Crippen molar-refractivity contribution in [3.63, 3.8) is 0 Å². The monoisotopic (exact) mass is 427 g/mol. The van der Waals surface area contributed by atoms with Crippen LogP contribution in [0.15, 0.2) is 58.7 Å². The molecule has 0 aliphatic rings. The number of pyridine rings is 1. The third-order valence-electron chi connectivity index (χ3n) is 4.07. The molecule has 0 saturated carbocycles. The molecule has 3 aromatic heterocycles. The first-order chi connectivity index (χ1) is 15.0. The van der Waals surface area contributed by atoms with E-state index in [1.54, 1.807) is 31.5 Å². The Kier molecular flexibility index (Phi) is 7.20. The molecule has 0 radical (unpaired) electrons. The second kappa shape index (κ2) is 10.2. The molecule has 3 aromatic rings. The average Bonchev–Trinajstić information content (AvgIpc) is 2.81. The van der Waals surface area contributed by atoms with E-state index in [-0.39, 0.29) is 18.2 Å². The highest BCUT2D eigenvalue weighted by Crippen LogP contribution is 2.23. The summed E-state index contributed by atoms with van der Waals surface area (Å²) in [6.07, 6.45) is 1.69. The van der Waals surface area contributed by atoms with E-state index in [2.05, 4.69) is 35.4 Å². The van der Waals surface area contributed by atoms with E-state index < -0.39 is 6.43 Å². The fourth-order valence-corrected chi connectivity index (χ4v) is 2.49. The molecule has 0 atom stereocenters. The topological polar surface area (TPSA) is 108 Å². The van der Waals surface area contributed by atoms with Crippen molar-refractivity contribution in [1.82, 2.24) is 25.1 Å². The predicted octanol–water partition coefficient (Wildman–Crippen LogP) is 4.17. The summed E-state index contributed by atoms with van der Waals surface area (Å²) in [7, 11) is 2.99. The maximum Gasteiger partial charge on any atom is 0.316 e. The average molecular weight is 427 g/mol. The first kappa shape index (κ1) is 21.8. The first-order valence-electron chi connectivity index (χ1n) is 9.08. The molecular formula is C20H19F2N7O2. The zero-order valence-electron chi connectivity index (χ0n) is 17.0. The highest BCUT2D eigenvalue weighted by molar-refractivity contribution is 5.64. The Morgan fingerprint density at radius 2 is 1.81 bits per heavy atom. The van der Waals surface area contributed by atoms with Crippen LogP contribution in [-0.4, -0.2) is 45.9 Å².